The maximum Gasteiger partial charge on any atom is 0.230 e. The minimum absolute atomic E-state index is 0.0257. The fraction of sp³-hybridized carbons (Fsp3) is 0.579. The van der Waals surface area contributed by atoms with Gasteiger partial charge in [-0.3, -0.25) is 9.59 Å². The number of carbonyl (C=O) groups is 2. The van der Waals surface area contributed by atoms with E-state index in [-0.39, 0.29) is 24.2 Å². The molecule has 2 fully saturated rings. The van der Waals surface area contributed by atoms with Crippen LogP contribution in [0, 0.1) is 11.2 Å². The van der Waals surface area contributed by atoms with Gasteiger partial charge in [-0.2, -0.15) is 0 Å². The van der Waals surface area contributed by atoms with Crippen LogP contribution in [0.4, 0.5) is 4.39 Å². The lowest BCUT2D eigenvalue weighted by Gasteiger charge is -2.39. The fourth-order valence-electron chi connectivity index (χ4n) is 4.01. The molecule has 1 unspecified atom stereocenters. The van der Waals surface area contributed by atoms with Crippen molar-refractivity contribution in [3.63, 3.8) is 0 Å². The number of rotatable bonds is 5. The molecule has 6 heteroatoms. The molecular formula is C19H25FN2O3. The zero-order chi connectivity index (χ0) is 17.9. The Morgan fingerprint density at radius 2 is 1.96 bits per heavy atom. The Labute approximate surface area is 147 Å². The summed E-state index contributed by atoms with van der Waals surface area (Å²) in [6, 6.07) is 6.21. The summed E-state index contributed by atoms with van der Waals surface area (Å²) in [6.45, 7) is 2.14. The summed E-state index contributed by atoms with van der Waals surface area (Å²) in [5.74, 6) is -0.144. The number of likely N-dealkylation sites (tertiary alicyclic amines) is 2. The Bertz CT molecular complexity index is 632. The lowest BCUT2D eigenvalue weighted by Crippen LogP contribution is -2.51. The number of hydrogen-bond donors (Lipinski definition) is 1. The maximum absolute atomic E-state index is 12.9. The van der Waals surface area contributed by atoms with Crippen LogP contribution in [0.5, 0.6) is 0 Å². The van der Waals surface area contributed by atoms with Gasteiger partial charge in [-0.05, 0) is 43.4 Å². The monoisotopic (exact) mass is 348 g/mol. The van der Waals surface area contributed by atoms with Gasteiger partial charge in [0.15, 0.2) is 0 Å². The van der Waals surface area contributed by atoms with Crippen LogP contribution < -0.4 is 0 Å². The average Bonchev–Trinajstić information content (AvgIpc) is 3.04. The Morgan fingerprint density at radius 1 is 1.20 bits per heavy atom. The fourth-order valence-corrected chi connectivity index (χ4v) is 4.01. The quantitative estimate of drug-likeness (QED) is 0.879. The van der Waals surface area contributed by atoms with Gasteiger partial charge in [0.2, 0.25) is 11.8 Å². The maximum atomic E-state index is 12.9. The molecule has 136 valence electrons. The molecule has 5 nitrogen and oxygen atoms in total. The largest absolute Gasteiger partial charge is 0.395 e. The Morgan fingerprint density at radius 3 is 2.68 bits per heavy atom. The lowest BCUT2D eigenvalue weighted by atomic mass is 9.78. The van der Waals surface area contributed by atoms with Crippen molar-refractivity contribution >= 4 is 11.8 Å². The van der Waals surface area contributed by atoms with E-state index in [9.17, 15) is 14.0 Å². The van der Waals surface area contributed by atoms with Gasteiger partial charge in [0.05, 0.1) is 12.0 Å². The van der Waals surface area contributed by atoms with Crippen molar-refractivity contribution in [1.29, 1.82) is 0 Å². The average molecular weight is 348 g/mol. The summed E-state index contributed by atoms with van der Waals surface area (Å²) < 4.78 is 12.9. The first-order valence-corrected chi connectivity index (χ1v) is 8.96. The number of aryl methyl sites for hydroxylation is 1. The van der Waals surface area contributed by atoms with Crippen molar-refractivity contribution in [2.75, 3.05) is 32.8 Å². The highest BCUT2D eigenvalue weighted by Crippen LogP contribution is 2.40. The third kappa shape index (κ3) is 3.84. The molecule has 2 saturated heterocycles. The van der Waals surface area contributed by atoms with Gasteiger partial charge in [-0.15, -0.1) is 0 Å². The van der Waals surface area contributed by atoms with Crippen molar-refractivity contribution in [3.8, 4) is 0 Å². The van der Waals surface area contributed by atoms with Crippen molar-refractivity contribution in [1.82, 2.24) is 9.80 Å². The van der Waals surface area contributed by atoms with E-state index >= 15 is 0 Å². The number of hydrogen-bond acceptors (Lipinski definition) is 3. The number of benzene rings is 1. The molecule has 2 heterocycles. The van der Waals surface area contributed by atoms with Crippen LogP contribution in [0.1, 0.15) is 31.2 Å². The van der Waals surface area contributed by atoms with Crippen molar-refractivity contribution in [2.45, 2.75) is 32.1 Å². The number of aliphatic hydroxyl groups excluding tert-OH is 1. The minimum atomic E-state index is -0.459. The lowest BCUT2D eigenvalue weighted by molar-refractivity contribution is -0.146. The van der Waals surface area contributed by atoms with Gasteiger partial charge in [-0.25, -0.2) is 4.39 Å². The SMILES string of the molecule is O=C(CCc1ccc(F)cc1)N1CCC2(CCCN(CCO)C2=O)C1. The van der Waals surface area contributed by atoms with Crippen LogP contribution in [0.25, 0.3) is 0 Å². The molecule has 25 heavy (non-hydrogen) atoms. The summed E-state index contributed by atoms with van der Waals surface area (Å²) in [7, 11) is 0. The molecule has 0 aromatic heterocycles. The molecule has 2 aliphatic rings. The highest BCUT2D eigenvalue weighted by molar-refractivity contribution is 5.86. The van der Waals surface area contributed by atoms with Gasteiger partial charge >= 0.3 is 0 Å². The van der Waals surface area contributed by atoms with Gasteiger partial charge in [-0.1, -0.05) is 12.1 Å². The van der Waals surface area contributed by atoms with Crippen LogP contribution in [0.3, 0.4) is 0 Å². The van der Waals surface area contributed by atoms with Gasteiger partial charge < -0.3 is 14.9 Å². The van der Waals surface area contributed by atoms with Crippen LogP contribution in [0.15, 0.2) is 24.3 Å². The van der Waals surface area contributed by atoms with E-state index in [0.29, 0.717) is 45.4 Å². The second-order valence-corrected chi connectivity index (χ2v) is 7.09. The number of carbonyl (C=O) groups excluding carboxylic acids is 2. The standard InChI is InChI=1S/C19H25FN2O3/c20-16-5-2-15(3-6-16)4-7-17(24)22-11-9-19(14-22)8-1-10-21(12-13-23)18(19)25/h2-3,5-6,23H,1,4,7-14H2. The van der Waals surface area contributed by atoms with Crippen molar-refractivity contribution < 1.29 is 19.1 Å². The Hall–Kier alpha value is -1.95. The molecule has 0 radical (unpaired) electrons. The molecule has 1 aromatic rings. The summed E-state index contributed by atoms with van der Waals surface area (Å²) in [6.07, 6.45) is 3.39. The number of amides is 2. The molecule has 2 amide bonds. The normalized spacial score (nSPS) is 23.5. The summed E-state index contributed by atoms with van der Waals surface area (Å²) >= 11 is 0. The van der Waals surface area contributed by atoms with Gasteiger partial charge in [0.1, 0.15) is 5.82 Å². The molecule has 1 N–H and O–H groups in total. The van der Waals surface area contributed by atoms with E-state index in [0.717, 1.165) is 18.4 Å². The second-order valence-electron chi connectivity index (χ2n) is 7.09. The van der Waals surface area contributed by atoms with Crippen molar-refractivity contribution in [2.24, 2.45) is 5.41 Å². The summed E-state index contributed by atoms with van der Waals surface area (Å²) in [5.41, 5.74) is 0.477. The number of β-amino-alcohol motifs (C(OH)–C–C–N with tert-alkyl or cyclic N) is 1. The highest BCUT2D eigenvalue weighted by atomic mass is 19.1. The number of piperidine rings is 1. The molecule has 0 saturated carbocycles. The van der Waals surface area contributed by atoms with Gasteiger partial charge in [0, 0.05) is 32.6 Å². The molecule has 2 aliphatic heterocycles. The second kappa shape index (κ2) is 7.52. The Kier molecular flexibility index (Phi) is 5.37. The predicted octanol–water partition coefficient (Wildman–Crippen LogP) is 1.59. The van der Waals surface area contributed by atoms with E-state index in [1.807, 2.05) is 0 Å². The third-order valence-corrected chi connectivity index (χ3v) is 5.44. The van der Waals surface area contributed by atoms with E-state index in [4.69, 9.17) is 5.11 Å². The van der Waals surface area contributed by atoms with Crippen molar-refractivity contribution in [3.05, 3.63) is 35.6 Å². The van der Waals surface area contributed by atoms with Gasteiger partial charge in [0.25, 0.3) is 0 Å². The zero-order valence-corrected chi connectivity index (χ0v) is 14.4. The minimum Gasteiger partial charge on any atom is -0.395 e. The number of halogens is 1. The molecule has 1 aromatic carbocycles. The predicted molar refractivity (Wildman–Crippen MR) is 91.3 cm³/mol. The molecule has 0 aliphatic carbocycles. The summed E-state index contributed by atoms with van der Waals surface area (Å²) in [5, 5.41) is 9.12. The van der Waals surface area contributed by atoms with E-state index in [1.165, 1.54) is 12.1 Å². The van der Waals surface area contributed by atoms with Crippen LogP contribution >= 0.6 is 0 Å². The van der Waals surface area contributed by atoms with Crippen LogP contribution in [-0.2, 0) is 16.0 Å². The van der Waals surface area contributed by atoms with E-state index in [1.54, 1.807) is 21.9 Å². The topological polar surface area (TPSA) is 60.9 Å². The molecule has 0 bridgehead atoms. The highest BCUT2D eigenvalue weighted by Gasteiger charge is 2.49. The third-order valence-electron chi connectivity index (χ3n) is 5.44. The number of nitrogens with zero attached hydrogens (tertiary/aromatic N) is 2. The molecular weight excluding hydrogens is 323 g/mol. The first kappa shape index (κ1) is 17.9. The summed E-state index contributed by atoms with van der Waals surface area (Å²) in [4.78, 5) is 28.8. The molecule has 1 atom stereocenters. The molecule has 1 spiro atoms. The number of aliphatic hydroxyl groups is 1. The molecule has 3 rings (SSSR count). The Balaban J connectivity index is 1.57. The zero-order valence-electron chi connectivity index (χ0n) is 14.4. The van der Waals surface area contributed by atoms with E-state index in [2.05, 4.69) is 0 Å². The van der Waals surface area contributed by atoms with E-state index < -0.39 is 5.41 Å². The first-order chi connectivity index (χ1) is 12.0. The smallest absolute Gasteiger partial charge is 0.230 e. The van der Waals surface area contributed by atoms with Crippen LogP contribution in [0.2, 0.25) is 0 Å². The van der Waals surface area contributed by atoms with Crippen LogP contribution in [-0.4, -0.2) is 59.5 Å². The first-order valence-electron chi connectivity index (χ1n) is 8.96.